The Morgan fingerprint density at radius 1 is 0.534 bits per heavy atom. The zero-order valence-electron chi connectivity index (χ0n) is 47.0. The van der Waals surface area contributed by atoms with E-state index in [1.165, 1.54) is 49.1 Å². The van der Waals surface area contributed by atoms with Crippen molar-refractivity contribution in [2.75, 3.05) is 47.2 Å². The summed E-state index contributed by atoms with van der Waals surface area (Å²) in [6.45, 7) is 0.936. The van der Waals surface area contributed by atoms with E-state index in [0.717, 1.165) is 22.6 Å². The smallest absolute Gasteiger partial charge is 0.333 e. The summed E-state index contributed by atoms with van der Waals surface area (Å²) in [5, 5.41) is 9.37. The molecule has 0 aliphatic carbocycles. The second-order valence-corrected chi connectivity index (χ2v) is 25.4. The molecule has 0 saturated heterocycles. The Kier molecular flexibility index (Phi) is 19.6. The van der Waals surface area contributed by atoms with E-state index in [1.54, 1.807) is 109 Å². The first-order valence-electron chi connectivity index (χ1n) is 27.1. The number of carbonyl (C=O) groups excluding carboxylic acids is 2. The zero-order chi connectivity index (χ0) is 62.0. The lowest BCUT2D eigenvalue weighted by atomic mass is 10.1. The summed E-state index contributed by atoms with van der Waals surface area (Å²) in [5.74, 6) is -0.193. The van der Waals surface area contributed by atoms with Gasteiger partial charge in [-0.05, 0) is 132 Å². The SMILES string of the molecule is CS(=O)(=O)CCNCc1ccc(-c2ccc3ncnc(N(OC(=O)CCC(=O)ON(c4ccc(OCc5cccc(F)c5)c(Cl)c4)c4ncnc5ccc(-c6ccc(CNCCS(C)(=O)=O)o6)cc45)c4ccc(OCc5cccc(F)c5)c(Cl)c4)c3c2)o1. The van der Waals surface area contributed by atoms with Crippen LogP contribution in [0.3, 0.4) is 0 Å². The number of halogens is 4. The highest BCUT2D eigenvalue weighted by Gasteiger charge is 2.26. The quantitative estimate of drug-likeness (QED) is 0.0359. The second kappa shape index (κ2) is 27.8. The van der Waals surface area contributed by atoms with Gasteiger partial charge in [0.05, 0.1) is 69.9 Å². The van der Waals surface area contributed by atoms with E-state index in [2.05, 4.69) is 30.6 Å². The number of furan rings is 2. The van der Waals surface area contributed by atoms with Crippen LogP contribution in [0.2, 0.25) is 10.0 Å². The first-order chi connectivity index (χ1) is 42.3. The Bertz CT molecular complexity index is 4150. The molecule has 0 amide bonds. The molecule has 2 N–H and O–H groups in total. The van der Waals surface area contributed by atoms with Gasteiger partial charge in [0, 0.05) is 47.5 Å². The van der Waals surface area contributed by atoms with Gasteiger partial charge in [-0.15, -0.1) is 0 Å². The van der Waals surface area contributed by atoms with Gasteiger partial charge in [0.15, 0.2) is 11.6 Å². The van der Waals surface area contributed by atoms with E-state index in [0.29, 0.717) is 67.1 Å². The van der Waals surface area contributed by atoms with Crippen LogP contribution in [-0.4, -0.2) is 85.8 Å². The highest BCUT2D eigenvalue weighted by atomic mass is 35.5. The molecule has 0 bridgehead atoms. The number of nitrogens with zero attached hydrogens (tertiary/aromatic N) is 6. The fraction of sp³-hybridized carbons (Fsp3) is 0.194. The Hall–Kier alpha value is -9.04. The molecule has 4 heterocycles. The normalized spacial score (nSPS) is 11.7. The lowest BCUT2D eigenvalue weighted by Crippen LogP contribution is -2.26. The van der Waals surface area contributed by atoms with Crippen LogP contribution in [0.1, 0.15) is 35.5 Å². The van der Waals surface area contributed by atoms with E-state index >= 15 is 0 Å². The minimum atomic E-state index is -3.17. The maximum Gasteiger partial charge on any atom is 0.333 e. The summed E-state index contributed by atoms with van der Waals surface area (Å²) in [4.78, 5) is 58.9. The van der Waals surface area contributed by atoms with E-state index in [4.69, 9.17) is 51.2 Å². The number of anilines is 4. The van der Waals surface area contributed by atoms with Crippen molar-refractivity contribution in [3.05, 3.63) is 203 Å². The maximum absolute atomic E-state index is 14.3. The molecule has 88 heavy (non-hydrogen) atoms. The second-order valence-electron chi connectivity index (χ2n) is 20.1. The number of carbonyl (C=O) groups is 2. The molecule has 0 radical (unpaired) electrons. The van der Waals surface area contributed by atoms with Gasteiger partial charge in [-0.25, -0.2) is 55.1 Å². The molecule has 20 nitrogen and oxygen atoms in total. The van der Waals surface area contributed by atoms with Crippen molar-refractivity contribution in [3.63, 3.8) is 0 Å². The van der Waals surface area contributed by atoms with Gasteiger partial charge < -0.3 is 38.6 Å². The largest absolute Gasteiger partial charge is 0.487 e. The molecule has 0 aliphatic heterocycles. The van der Waals surface area contributed by atoms with E-state index in [9.17, 15) is 35.2 Å². The Labute approximate surface area is 513 Å². The van der Waals surface area contributed by atoms with Gasteiger partial charge in [0.2, 0.25) is 0 Å². The number of fused-ring (bicyclic) bond motifs is 2. The first-order valence-corrected chi connectivity index (χ1v) is 32.0. The minimum Gasteiger partial charge on any atom is -0.487 e. The molecular formula is C62H54Cl2F2N8O12S2. The van der Waals surface area contributed by atoms with Crippen LogP contribution in [0.25, 0.3) is 44.5 Å². The Morgan fingerprint density at radius 2 is 0.966 bits per heavy atom. The maximum atomic E-state index is 14.3. The third kappa shape index (κ3) is 16.5. The van der Waals surface area contributed by atoms with Gasteiger partial charge in [-0.3, -0.25) is 0 Å². The average Bonchev–Trinajstić information content (AvgIpc) is 2.14. The highest BCUT2D eigenvalue weighted by Crippen LogP contribution is 2.40. The van der Waals surface area contributed by atoms with Crippen molar-refractivity contribution in [1.29, 1.82) is 0 Å². The molecule has 0 atom stereocenters. The molecule has 4 aromatic heterocycles. The Balaban J connectivity index is 0.926. The van der Waals surface area contributed by atoms with Gasteiger partial charge >= 0.3 is 11.9 Å². The van der Waals surface area contributed by atoms with Crippen LogP contribution in [0.5, 0.6) is 11.5 Å². The van der Waals surface area contributed by atoms with Crippen molar-refractivity contribution in [1.82, 2.24) is 30.6 Å². The van der Waals surface area contributed by atoms with Crippen LogP contribution in [0.4, 0.5) is 31.8 Å². The number of aromatic nitrogens is 4. The molecular weight excluding hydrogens is 1220 g/mol. The van der Waals surface area contributed by atoms with Gasteiger partial charge in [-0.2, -0.15) is 10.1 Å². The molecule has 6 aromatic carbocycles. The number of hydrogen-bond acceptors (Lipinski definition) is 20. The summed E-state index contributed by atoms with van der Waals surface area (Å²) in [6.07, 6.45) is 3.77. The molecule has 0 aliphatic rings. The first kappa shape index (κ1) is 62.0. The van der Waals surface area contributed by atoms with Crippen LogP contribution in [0.15, 0.2) is 167 Å². The summed E-state index contributed by atoms with van der Waals surface area (Å²) in [6, 6.07) is 38.5. The van der Waals surface area contributed by atoms with E-state index < -0.39 is 56.1 Å². The lowest BCUT2D eigenvalue weighted by molar-refractivity contribution is -0.150. The number of ether oxygens (including phenoxy) is 2. The fourth-order valence-electron chi connectivity index (χ4n) is 8.89. The monoisotopic (exact) mass is 1270 g/mol. The number of sulfone groups is 2. The molecule has 454 valence electrons. The lowest BCUT2D eigenvalue weighted by Gasteiger charge is -2.25. The molecule has 0 fully saturated rings. The predicted octanol–water partition coefficient (Wildman–Crippen LogP) is 11.8. The zero-order valence-corrected chi connectivity index (χ0v) is 50.1. The minimum absolute atomic E-state index is 0.0182. The Morgan fingerprint density at radius 3 is 1.36 bits per heavy atom. The average molecular weight is 1280 g/mol. The van der Waals surface area contributed by atoms with Crippen LogP contribution >= 0.6 is 23.2 Å². The van der Waals surface area contributed by atoms with Crippen molar-refractivity contribution in [3.8, 4) is 34.1 Å². The van der Waals surface area contributed by atoms with Gasteiger partial charge in [0.25, 0.3) is 0 Å². The van der Waals surface area contributed by atoms with Gasteiger partial charge in [0.1, 0.15) is 91.7 Å². The molecule has 26 heteroatoms. The third-order valence-electron chi connectivity index (χ3n) is 13.2. The number of hydrogen-bond donors (Lipinski definition) is 2. The molecule has 10 rings (SSSR count). The third-order valence-corrected chi connectivity index (χ3v) is 15.7. The van der Waals surface area contributed by atoms with Crippen LogP contribution in [-0.2, 0) is 65.2 Å². The summed E-state index contributed by atoms with van der Waals surface area (Å²) in [7, 11) is -6.35. The van der Waals surface area contributed by atoms with Crippen LogP contribution in [0, 0.1) is 11.6 Å². The fourth-order valence-corrected chi connectivity index (χ4v) is 10.4. The van der Waals surface area contributed by atoms with Gasteiger partial charge in [-0.1, -0.05) is 47.5 Å². The molecule has 0 unspecified atom stereocenters. The van der Waals surface area contributed by atoms with Crippen molar-refractivity contribution in [2.45, 2.75) is 39.1 Å². The number of rotatable bonds is 27. The molecule has 10 aromatic rings. The van der Waals surface area contributed by atoms with Crippen molar-refractivity contribution >= 4 is 99.6 Å². The summed E-state index contributed by atoms with van der Waals surface area (Å²) in [5.41, 5.74) is 3.54. The summed E-state index contributed by atoms with van der Waals surface area (Å²) < 4.78 is 98.9. The highest BCUT2D eigenvalue weighted by molar-refractivity contribution is 7.90. The topological polar surface area (TPSA) is 248 Å². The number of benzene rings is 6. The van der Waals surface area contributed by atoms with Crippen molar-refractivity contribution < 1.29 is 63.2 Å². The number of nitrogens with one attached hydrogen (secondary N) is 2. The van der Waals surface area contributed by atoms with E-state index in [-0.39, 0.29) is 95.5 Å². The molecule has 0 saturated carbocycles. The standard InChI is InChI=1S/C62H54Cl2F2N8O12S2/c1-87(77,78)25-23-67-33-47-13-19-55(83-47)41-9-15-53-49(29-41)61(71-37-69-53)73(45-11-17-57(51(63)31-45)81-35-39-5-3-7-43(65)27-39)85-59(75)21-22-60(76)86-74(46-12-18-58(52(64)32-46)82-36-40-6-4-8-44(66)28-40)62-50-30-42(10-16-54(50)70-38-72-62)56-20-14-48(84-56)34-68-24-26-88(2,79)80/h3-20,27-32,37-38,67-68H,21-26,33-36H2,1-2H3. The van der Waals surface area contributed by atoms with E-state index in [1.807, 2.05) is 0 Å². The molecule has 0 spiro atoms. The van der Waals surface area contributed by atoms with Crippen molar-refractivity contribution in [2.24, 2.45) is 0 Å². The van der Waals surface area contributed by atoms with Crippen LogP contribution < -0.4 is 30.2 Å². The predicted molar refractivity (Wildman–Crippen MR) is 327 cm³/mol. The summed E-state index contributed by atoms with van der Waals surface area (Å²) >= 11 is 13.7.